The van der Waals surface area contributed by atoms with Gasteiger partial charge in [0, 0.05) is 28.1 Å². The number of aryl methyl sites for hydroxylation is 1. The van der Waals surface area contributed by atoms with Crippen molar-refractivity contribution >= 4 is 44.9 Å². The third kappa shape index (κ3) is 4.65. The summed E-state index contributed by atoms with van der Waals surface area (Å²) in [5.41, 5.74) is 11.4. The summed E-state index contributed by atoms with van der Waals surface area (Å²) in [4.78, 5) is 22.2. The number of aromatic nitrogens is 4. The SMILES string of the molecule is Cc1ccc(-n2nc(C(C)(C)C)cc2NC(=O)Nc2ccc(-c3csc4ncnc(N)c34)cc2)cc1. The van der Waals surface area contributed by atoms with Crippen LogP contribution in [-0.4, -0.2) is 25.8 Å². The second-order valence-corrected chi connectivity index (χ2v) is 10.5. The molecule has 8 nitrogen and oxygen atoms in total. The number of anilines is 3. The molecule has 4 N–H and O–H groups in total. The van der Waals surface area contributed by atoms with Crippen LogP contribution in [0.15, 0.2) is 66.3 Å². The minimum absolute atomic E-state index is 0.168. The number of benzene rings is 2. The average molecular weight is 498 g/mol. The normalized spacial score (nSPS) is 11.6. The molecule has 5 rings (SSSR count). The molecule has 2 amide bonds. The number of nitrogens with zero attached hydrogens (tertiary/aromatic N) is 4. The van der Waals surface area contributed by atoms with Crippen molar-refractivity contribution in [2.24, 2.45) is 0 Å². The Morgan fingerprint density at radius 1 is 1.00 bits per heavy atom. The summed E-state index contributed by atoms with van der Waals surface area (Å²) in [5.74, 6) is 1.05. The van der Waals surface area contributed by atoms with Crippen molar-refractivity contribution in [1.82, 2.24) is 19.7 Å². The number of amides is 2. The van der Waals surface area contributed by atoms with E-state index in [9.17, 15) is 4.79 Å². The van der Waals surface area contributed by atoms with Crippen molar-refractivity contribution < 1.29 is 4.79 Å². The number of urea groups is 1. The van der Waals surface area contributed by atoms with Crippen molar-refractivity contribution in [3.05, 3.63) is 77.6 Å². The monoisotopic (exact) mass is 497 g/mol. The number of hydrogen-bond acceptors (Lipinski definition) is 6. The molecule has 0 radical (unpaired) electrons. The van der Waals surface area contributed by atoms with E-state index in [1.807, 2.05) is 66.9 Å². The van der Waals surface area contributed by atoms with E-state index in [-0.39, 0.29) is 11.4 Å². The number of nitrogens with one attached hydrogen (secondary N) is 2. The lowest BCUT2D eigenvalue weighted by molar-refractivity contribution is 0.262. The van der Waals surface area contributed by atoms with Gasteiger partial charge in [-0.05, 0) is 36.8 Å². The summed E-state index contributed by atoms with van der Waals surface area (Å²) in [6.45, 7) is 8.32. The molecular weight excluding hydrogens is 470 g/mol. The lowest BCUT2D eigenvalue weighted by Crippen LogP contribution is -2.21. The van der Waals surface area contributed by atoms with Crippen LogP contribution in [0.4, 0.5) is 22.1 Å². The van der Waals surface area contributed by atoms with Gasteiger partial charge in [0.1, 0.15) is 22.8 Å². The molecule has 5 aromatic rings. The average Bonchev–Trinajstić information content (AvgIpc) is 3.46. The van der Waals surface area contributed by atoms with Gasteiger partial charge < -0.3 is 11.1 Å². The molecule has 0 unspecified atom stereocenters. The van der Waals surface area contributed by atoms with Crippen LogP contribution >= 0.6 is 11.3 Å². The van der Waals surface area contributed by atoms with Crippen molar-refractivity contribution in [2.75, 3.05) is 16.4 Å². The summed E-state index contributed by atoms with van der Waals surface area (Å²) < 4.78 is 1.76. The molecule has 0 saturated heterocycles. The van der Waals surface area contributed by atoms with E-state index in [1.54, 1.807) is 4.68 Å². The zero-order valence-corrected chi connectivity index (χ0v) is 21.4. The van der Waals surface area contributed by atoms with Gasteiger partial charge in [-0.2, -0.15) is 5.10 Å². The van der Waals surface area contributed by atoms with Gasteiger partial charge in [-0.25, -0.2) is 19.4 Å². The molecule has 0 fully saturated rings. The van der Waals surface area contributed by atoms with Crippen molar-refractivity contribution in [3.63, 3.8) is 0 Å². The van der Waals surface area contributed by atoms with E-state index in [1.165, 1.54) is 17.7 Å². The van der Waals surface area contributed by atoms with Crippen LogP contribution < -0.4 is 16.4 Å². The summed E-state index contributed by atoms with van der Waals surface area (Å²) in [6, 6.07) is 17.2. The number of carbonyl (C=O) groups is 1. The standard InChI is InChI=1S/C27H27N7OS/c1-16-5-11-19(12-6-16)34-22(13-21(33-34)27(2,3)4)32-26(35)31-18-9-7-17(8-10-18)20-14-36-25-23(20)24(28)29-15-30-25/h5-15H,1-4H3,(H2,28,29,30)(H2,31,32,35). The van der Waals surface area contributed by atoms with E-state index in [0.29, 0.717) is 17.3 Å². The maximum absolute atomic E-state index is 12.9. The predicted octanol–water partition coefficient (Wildman–Crippen LogP) is 6.38. The highest BCUT2D eigenvalue weighted by Gasteiger charge is 2.21. The fourth-order valence-electron chi connectivity index (χ4n) is 3.84. The van der Waals surface area contributed by atoms with Crippen molar-refractivity contribution in [2.45, 2.75) is 33.1 Å². The highest BCUT2D eigenvalue weighted by Crippen LogP contribution is 2.35. The topological polar surface area (TPSA) is 111 Å². The highest BCUT2D eigenvalue weighted by atomic mass is 32.1. The zero-order chi connectivity index (χ0) is 25.4. The quantitative estimate of drug-likeness (QED) is 0.267. The second kappa shape index (κ2) is 9.09. The fraction of sp³-hybridized carbons (Fsp3) is 0.185. The summed E-state index contributed by atoms with van der Waals surface area (Å²) >= 11 is 1.52. The molecule has 0 atom stereocenters. The Bertz CT molecular complexity index is 1540. The first-order chi connectivity index (χ1) is 17.2. The third-order valence-electron chi connectivity index (χ3n) is 5.85. The van der Waals surface area contributed by atoms with Crippen LogP contribution in [0.25, 0.3) is 27.0 Å². The smallest absolute Gasteiger partial charge is 0.324 e. The van der Waals surface area contributed by atoms with Crippen LogP contribution in [0.2, 0.25) is 0 Å². The Hall–Kier alpha value is -4.24. The lowest BCUT2D eigenvalue weighted by atomic mass is 9.92. The van der Waals surface area contributed by atoms with Gasteiger partial charge in [-0.15, -0.1) is 11.3 Å². The first-order valence-electron chi connectivity index (χ1n) is 11.5. The zero-order valence-electron chi connectivity index (χ0n) is 20.5. The van der Waals surface area contributed by atoms with Gasteiger partial charge in [0.25, 0.3) is 0 Å². The highest BCUT2D eigenvalue weighted by molar-refractivity contribution is 7.17. The van der Waals surface area contributed by atoms with E-state index in [2.05, 4.69) is 41.4 Å². The van der Waals surface area contributed by atoms with E-state index in [4.69, 9.17) is 10.8 Å². The van der Waals surface area contributed by atoms with E-state index in [0.717, 1.165) is 38.3 Å². The second-order valence-electron chi connectivity index (χ2n) is 9.66. The molecular formula is C27H27N7OS. The molecule has 0 aliphatic carbocycles. The van der Waals surface area contributed by atoms with E-state index >= 15 is 0 Å². The molecule has 0 aliphatic heterocycles. The minimum atomic E-state index is -0.352. The van der Waals surface area contributed by atoms with Crippen LogP contribution in [0.5, 0.6) is 0 Å². The van der Waals surface area contributed by atoms with Gasteiger partial charge in [-0.1, -0.05) is 50.6 Å². The van der Waals surface area contributed by atoms with Crippen LogP contribution in [-0.2, 0) is 5.41 Å². The Kier molecular flexibility index (Phi) is 5.93. The maximum Gasteiger partial charge on any atom is 0.324 e. The van der Waals surface area contributed by atoms with Gasteiger partial charge >= 0.3 is 6.03 Å². The Morgan fingerprint density at radius 2 is 1.72 bits per heavy atom. The first-order valence-corrected chi connectivity index (χ1v) is 12.4. The largest absolute Gasteiger partial charge is 0.383 e. The number of rotatable bonds is 4. The molecule has 0 saturated carbocycles. The summed E-state index contributed by atoms with van der Waals surface area (Å²) in [6.07, 6.45) is 1.47. The predicted molar refractivity (Wildman–Crippen MR) is 147 cm³/mol. The molecule has 36 heavy (non-hydrogen) atoms. The van der Waals surface area contributed by atoms with Gasteiger partial charge in [0.05, 0.1) is 16.8 Å². The molecule has 0 bridgehead atoms. The molecule has 2 aromatic carbocycles. The molecule has 0 spiro atoms. The Morgan fingerprint density at radius 3 is 2.42 bits per heavy atom. The van der Waals surface area contributed by atoms with Crippen LogP contribution in [0.3, 0.4) is 0 Å². The fourth-order valence-corrected chi connectivity index (χ4v) is 4.77. The van der Waals surface area contributed by atoms with Crippen molar-refractivity contribution in [1.29, 1.82) is 0 Å². The number of fused-ring (bicyclic) bond motifs is 1. The van der Waals surface area contributed by atoms with Crippen molar-refractivity contribution in [3.8, 4) is 16.8 Å². The van der Waals surface area contributed by atoms with E-state index < -0.39 is 0 Å². The van der Waals surface area contributed by atoms with Gasteiger partial charge in [0.2, 0.25) is 0 Å². The number of nitrogen functional groups attached to an aromatic ring is 1. The maximum atomic E-state index is 12.9. The molecule has 182 valence electrons. The number of nitrogens with two attached hydrogens (primary N) is 1. The first kappa shape index (κ1) is 23.5. The summed E-state index contributed by atoms with van der Waals surface area (Å²) in [7, 11) is 0. The number of carbonyl (C=O) groups excluding carboxylic acids is 1. The van der Waals surface area contributed by atoms with Crippen LogP contribution in [0, 0.1) is 6.92 Å². The number of hydrogen-bond donors (Lipinski definition) is 3. The summed E-state index contributed by atoms with van der Waals surface area (Å²) in [5, 5.41) is 13.5. The molecule has 3 aromatic heterocycles. The van der Waals surface area contributed by atoms with Gasteiger partial charge in [0.15, 0.2) is 0 Å². The molecule has 9 heteroatoms. The minimum Gasteiger partial charge on any atom is -0.383 e. The molecule has 0 aliphatic rings. The Balaban J connectivity index is 1.36. The molecule has 3 heterocycles. The number of thiophene rings is 1. The van der Waals surface area contributed by atoms with Crippen LogP contribution in [0.1, 0.15) is 32.0 Å². The Labute approximate surface area is 213 Å². The lowest BCUT2D eigenvalue weighted by Gasteiger charge is -2.14. The van der Waals surface area contributed by atoms with Gasteiger partial charge in [-0.3, -0.25) is 5.32 Å². The third-order valence-corrected chi connectivity index (χ3v) is 6.74.